The van der Waals surface area contributed by atoms with Crippen LogP contribution >= 0.6 is 11.3 Å². The molecule has 0 aromatic carbocycles. The SMILES string of the molecule is COC(=O)Nc1nnc(CC(C)C)s1. The van der Waals surface area contributed by atoms with Crippen LogP contribution in [0.2, 0.25) is 0 Å². The Morgan fingerprint density at radius 1 is 1.57 bits per heavy atom. The molecule has 0 saturated carbocycles. The van der Waals surface area contributed by atoms with Gasteiger partial charge < -0.3 is 4.74 Å². The number of methoxy groups -OCH3 is 1. The average Bonchev–Trinajstić information content (AvgIpc) is 2.51. The van der Waals surface area contributed by atoms with Crippen molar-refractivity contribution < 1.29 is 9.53 Å². The third-order valence-electron chi connectivity index (χ3n) is 1.44. The van der Waals surface area contributed by atoms with E-state index in [2.05, 4.69) is 34.1 Å². The molecule has 1 heterocycles. The predicted octanol–water partition coefficient (Wildman–Crippen LogP) is 1.91. The largest absolute Gasteiger partial charge is 0.453 e. The minimum absolute atomic E-state index is 0.479. The highest BCUT2D eigenvalue weighted by Gasteiger charge is 2.08. The second-order valence-electron chi connectivity index (χ2n) is 3.22. The summed E-state index contributed by atoms with van der Waals surface area (Å²) < 4.78 is 4.43. The monoisotopic (exact) mass is 215 g/mol. The molecular weight excluding hydrogens is 202 g/mol. The van der Waals surface area contributed by atoms with Crippen LogP contribution in [-0.2, 0) is 11.2 Å². The van der Waals surface area contributed by atoms with Gasteiger partial charge in [-0.2, -0.15) is 0 Å². The molecule has 0 saturated heterocycles. The lowest BCUT2D eigenvalue weighted by atomic mass is 10.1. The molecule has 0 bridgehead atoms. The molecule has 0 aliphatic carbocycles. The van der Waals surface area contributed by atoms with Crippen LogP contribution < -0.4 is 5.32 Å². The van der Waals surface area contributed by atoms with Crippen LogP contribution in [0.15, 0.2) is 0 Å². The molecule has 1 rings (SSSR count). The third-order valence-corrected chi connectivity index (χ3v) is 2.31. The first-order valence-corrected chi connectivity index (χ1v) is 5.10. The topological polar surface area (TPSA) is 64.1 Å². The van der Waals surface area contributed by atoms with Crippen molar-refractivity contribution in [3.05, 3.63) is 5.01 Å². The molecule has 1 amide bonds. The first-order valence-electron chi connectivity index (χ1n) is 4.29. The van der Waals surface area contributed by atoms with Crippen LogP contribution in [0.3, 0.4) is 0 Å². The maximum atomic E-state index is 10.8. The molecule has 1 aromatic rings. The lowest BCUT2D eigenvalue weighted by Crippen LogP contribution is -2.10. The van der Waals surface area contributed by atoms with E-state index in [4.69, 9.17) is 0 Å². The molecule has 0 aliphatic heterocycles. The number of hydrogen-bond acceptors (Lipinski definition) is 5. The zero-order valence-electron chi connectivity index (χ0n) is 8.40. The van der Waals surface area contributed by atoms with Crippen molar-refractivity contribution in [3.8, 4) is 0 Å². The molecule has 0 radical (unpaired) electrons. The van der Waals surface area contributed by atoms with Crippen LogP contribution in [0.4, 0.5) is 9.93 Å². The van der Waals surface area contributed by atoms with Gasteiger partial charge in [-0.15, -0.1) is 10.2 Å². The van der Waals surface area contributed by atoms with Gasteiger partial charge >= 0.3 is 6.09 Å². The van der Waals surface area contributed by atoms with Crippen LogP contribution in [-0.4, -0.2) is 23.4 Å². The molecule has 0 unspecified atom stereocenters. The predicted molar refractivity (Wildman–Crippen MR) is 54.5 cm³/mol. The van der Waals surface area contributed by atoms with Crippen LogP contribution in [0.5, 0.6) is 0 Å². The number of amides is 1. The van der Waals surface area contributed by atoms with E-state index in [0.717, 1.165) is 11.4 Å². The van der Waals surface area contributed by atoms with E-state index in [1.54, 1.807) is 0 Å². The van der Waals surface area contributed by atoms with E-state index in [0.29, 0.717) is 11.0 Å². The first-order chi connectivity index (χ1) is 6.61. The van der Waals surface area contributed by atoms with Gasteiger partial charge in [0.15, 0.2) is 0 Å². The van der Waals surface area contributed by atoms with Gasteiger partial charge in [-0.3, -0.25) is 5.32 Å². The van der Waals surface area contributed by atoms with E-state index in [1.807, 2.05) is 0 Å². The van der Waals surface area contributed by atoms with Crippen molar-refractivity contribution in [3.63, 3.8) is 0 Å². The van der Waals surface area contributed by atoms with Crippen molar-refractivity contribution in [2.45, 2.75) is 20.3 Å². The number of carbonyl (C=O) groups excluding carboxylic acids is 1. The molecular formula is C8H13N3O2S. The first kappa shape index (κ1) is 10.9. The summed E-state index contributed by atoms with van der Waals surface area (Å²) >= 11 is 1.37. The van der Waals surface area contributed by atoms with E-state index in [-0.39, 0.29) is 0 Å². The molecule has 0 atom stereocenters. The van der Waals surface area contributed by atoms with Crippen molar-refractivity contribution in [1.82, 2.24) is 10.2 Å². The van der Waals surface area contributed by atoms with E-state index >= 15 is 0 Å². The minimum atomic E-state index is -0.516. The number of nitrogens with zero attached hydrogens (tertiary/aromatic N) is 2. The third kappa shape index (κ3) is 3.29. The fraction of sp³-hybridized carbons (Fsp3) is 0.625. The number of aromatic nitrogens is 2. The second kappa shape index (κ2) is 4.90. The lowest BCUT2D eigenvalue weighted by Gasteiger charge is -1.97. The van der Waals surface area contributed by atoms with Crippen LogP contribution in [0, 0.1) is 5.92 Å². The fourth-order valence-electron chi connectivity index (χ4n) is 0.874. The van der Waals surface area contributed by atoms with Gasteiger partial charge in [-0.25, -0.2) is 4.79 Å². The average molecular weight is 215 g/mol. The Morgan fingerprint density at radius 3 is 2.86 bits per heavy atom. The quantitative estimate of drug-likeness (QED) is 0.836. The second-order valence-corrected chi connectivity index (χ2v) is 4.28. The zero-order chi connectivity index (χ0) is 10.6. The van der Waals surface area contributed by atoms with Crippen LogP contribution in [0.25, 0.3) is 0 Å². The Hall–Kier alpha value is -1.17. The summed E-state index contributed by atoms with van der Waals surface area (Å²) in [7, 11) is 1.31. The molecule has 0 aliphatic rings. The standard InChI is InChI=1S/C8H13N3O2S/c1-5(2)4-6-10-11-7(14-6)9-8(12)13-3/h5H,4H2,1-3H3,(H,9,11,12). The molecule has 1 aromatic heterocycles. The number of ether oxygens (including phenoxy) is 1. The zero-order valence-corrected chi connectivity index (χ0v) is 9.22. The van der Waals surface area contributed by atoms with Crippen molar-refractivity contribution >= 4 is 22.6 Å². The maximum absolute atomic E-state index is 10.8. The molecule has 0 spiro atoms. The Morgan fingerprint density at radius 2 is 2.29 bits per heavy atom. The summed E-state index contributed by atoms with van der Waals surface area (Å²) in [5.74, 6) is 0.536. The van der Waals surface area contributed by atoms with E-state index in [1.165, 1.54) is 18.4 Å². The van der Waals surface area contributed by atoms with Crippen molar-refractivity contribution in [1.29, 1.82) is 0 Å². The molecule has 78 valence electrons. The van der Waals surface area contributed by atoms with Gasteiger partial charge in [0.05, 0.1) is 7.11 Å². The van der Waals surface area contributed by atoms with Gasteiger partial charge in [0.1, 0.15) is 5.01 Å². The molecule has 1 N–H and O–H groups in total. The van der Waals surface area contributed by atoms with E-state index < -0.39 is 6.09 Å². The number of rotatable bonds is 3. The number of anilines is 1. The van der Waals surface area contributed by atoms with Gasteiger partial charge in [0.25, 0.3) is 0 Å². The normalized spacial score (nSPS) is 10.3. The summed E-state index contributed by atoms with van der Waals surface area (Å²) in [6.45, 7) is 4.21. The number of hydrogen-bond donors (Lipinski definition) is 1. The highest BCUT2D eigenvalue weighted by atomic mass is 32.1. The van der Waals surface area contributed by atoms with Crippen LogP contribution in [0.1, 0.15) is 18.9 Å². The summed E-state index contributed by atoms with van der Waals surface area (Å²) in [6, 6.07) is 0. The Bertz CT molecular complexity index is 311. The Balaban J connectivity index is 2.55. The highest BCUT2D eigenvalue weighted by Crippen LogP contribution is 2.18. The molecule has 5 nitrogen and oxygen atoms in total. The summed E-state index contributed by atoms with van der Waals surface area (Å²) in [5, 5.41) is 11.6. The summed E-state index contributed by atoms with van der Waals surface area (Å²) in [4.78, 5) is 10.8. The highest BCUT2D eigenvalue weighted by molar-refractivity contribution is 7.15. The maximum Gasteiger partial charge on any atom is 0.413 e. The lowest BCUT2D eigenvalue weighted by molar-refractivity contribution is 0.187. The fourth-order valence-corrected chi connectivity index (χ4v) is 1.81. The van der Waals surface area contributed by atoms with Gasteiger partial charge in [-0.1, -0.05) is 25.2 Å². The van der Waals surface area contributed by atoms with Gasteiger partial charge in [0.2, 0.25) is 5.13 Å². The number of nitrogens with one attached hydrogen (secondary N) is 1. The van der Waals surface area contributed by atoms with E-state index in [9.17, 15) is 4.79 Å². The van der Waals surface area contributed by atoms with Gasteiger partial charge in [-0.05, 0) is 5.92 Å². The van der Waals surface area contributed by atoms with Crippen molar-refractivity contribution in [2.24, 2.45) is 5.92 Å². The Labute approximate surface area is 86.5 Å². The van der Waals surface area contributed by atoms with Crippen molar-refractivity contribution in [2.75, 3.05) is 12.4 Å². The minimum Gasteiger partial charge on any atom is -0.453 e. The smallest absolute Gasteiger partial charge is 0.413 e. The molecule has 0 fully saturated rings. The van der Waals surface area contributed by atoms with Gasteiger partial charge in [0, 0.05) is 6.42 Å². The molecule has 14 heavy (non-hydrogen) atoms. The summed E-state index contributed by atoms with van der Waals surface area (Å²) in [6.07, 6.45) is 0.359. The summed E-state index contributed by atoms with van der Waals surface area (Å²) in [5.41, 5.74) is 0. The number of carbonyl (C=O) groups is 1. The molecule has 6 heteroatoms. The Kier molecular flexibility index (Phi) is 3.82.